The standard InChI is InChI=1S/C45H67FN2O5S/c1-27(2)30-13-20-45(47-23-37(49)48-24-34-28(3)33(48)25-54(34,52)53)22-21-42(7)32(38(30)45)9-10-36-41(6)16-14-31(40(4,5)35(41)15-17-43(36,42)8)29-11-18-44(26-46,19-12-29)39(50)51/h11,14,28,30,32-36,38,47H,1,9-10,12-13,15-26H2,2-8H3,(H,50,51)/t28-,30-,32+,33?,34+,35-,36+,38+,41-,42+,43+,44-,45-/m0/s1. The van der Waals surface area contributed by atoms with Crippen LogP contribution in [0.4, 0.5) is 4.39 Å². The third kappa shape index (κ3) is 5.13. The molecular formula is C45H67FN2O5S. The van der Waals surface area contributed by atoms with E-state index in [1.807, 2.05) is 11.8 Å². The van der Waals surface area contributed by atoms with E-state index in [2.05, 4.69) is 65.6 Å². The fourth-order valence-electron chi connectivity index (χ4n) is 15.8. The SMILES string of the molecule is C=C(C)[C@@H]1CC[C@]2(NCC(=O)N3C[C@@H]4[C@@H](C)C3CS4(=O)=O)CC[C@]3(C)[C@H](CC[C@@H]4[C@@]5(C)CC=C(C6=CC[C@](CF)(C(=O)O)CC6)C(C)(C)[C@@H]5CC[C@]43C)[C@@H]12. The van der Waals surface area contributed by atoms with Crippen LogP contribution in [0.3, 0.4) is 0 Å². The molecule has 2 N–H and O–H groups in total. The Morgan fingerprint density at radius 1 is 0.963 bits per heavy atom. The van der Waals surface area contributed by atoms with Crippen LogP contribution in [0.1, 0.15) is 126 Å². The summed E-state index contributed by atoms with van der Waals surface area (Å²) in [6.45, 7) is 21.3. The summed E-state index contributed by atoms with van der Waals surface area (Å²) in [4.78, 5) is 27.7. The highest BCUT2D eigenvalue weighted by molar-refractivity contribution is 7.92. The van der Waals surface area contributed by atoms with Crippen LogP contribution in [0.15, 0.2) is 35.5 Å². The molecule has 0 spiro atoms. The summed E-state index contributed by atoms with van der Waals surface area (Å²) in [5.41, 5.74) is 2.94. The number of hydrogen-bond donors (Lipinski definition) is 2. The van der Waals surface area contributed by atoms with E-state index >= 15 is 0 Å². The van der Waals surface area contributed by atoms with Gasteiger partial charge < -0.3 is 15.3 Å². The first-order chi connectivity index (χ1) is 25.2. The van der Waals surface area contributed by atoms with Crippen molar-refractivity contribution in [1.82, 2.24) is 10.2 Å². The number of carbonyl (C=O) groups is 2. The molecule has 0 aromatic carbocycles. The second-order valence-electron chi connectivity index (χ2n) is 21.2. The van der Waals surface area contributed by atoms with Crippen molar-refractivity contribution in [1.29, 1.82) is 0 Å². The topological polar surface area (TPSA) is 104 Å². The minimum Gasteiger partial charge on any atom is -0.481 e. The first-order valence-electron chi connectivity index (χ1n) is 21.3. The number of carboxylic acids is 1. The van der Waals surface area contributed by atoms with Crippen LogP contribution in [0.25, 0.3) is 0 Å². The van der Waals surface area contributed by atoms with Crippen LogP contribution in [-0.2, 0) is 19.4 Å². The van der Waals surface area contributed by atoms with Gasteiger partial charge in [0, 0.05) is 18.1 Å². The third-order valence-corrected chi connectivity index (χ3v) is 21.4. The van der Waals surface area contributed by atoms with Crippen molar-refractivity contribution >= 4 is 21.7 Å². The molecule has 2 heterocycles. The lowest BCUT2D eigenvalue weighted by Gasteiger charge is -2.72. The molecule has 8 rings (SSSR count). The van der Waals surface area contributed by atoms with Gasteiger partial charge in [0.05, 0.1) is 23.0 Å². The van der Waals surface area contributed by atoms with E-state index in [0.29, 0.717) is 49.0 Å². The molecule has 54 heavy (non-hydrogen) atoms. The van der Waals surface area contributed by atoms with Crippen molar-refractivity contribution in [3.05, 3.63) is 35.5 Å². The van der Waals surface area contributed by atoms with Gasteiger partial charge >= 0.3 is 5.97 Å². The number of allylic oxidation sites excluding steroid dienone is 5. The number of rotatable bonds is 7. The number of carbonyl (C=O) groups excluding carboxylic acids is 1. The molecule has 1 unspecified atom stereocenters. The quantitative estimate of drug-likeness (QED) is 0.253. The molecule has 300 valence electrons. The Bertz CT molecular complexity index is 1800. The molecule has 4 saturated carbocycles. The summed E-state index contributed by atoms with van der Waals surface area (Å²) in [6.07, 6.45) is 16.0. The van der Waals surface area contributed by atoms with Crippen LogP contribution in [0, 0.1) is 62.6 Å². The molecular weight excluding hydrogens is 700 g/mol. The molecule has 1 amide bonds. The van der Waals surface area contributed by atoms with Gasteiger partial charge in [-0.15, -0.1) is 0 Å². The lowest BCUT2D eigenvalue weighted by molar-refractivity contribution is -0.221. The van der Waals surface area contributed by atoms with Gasteiger partial charge in [0.2, 0.25) is 5.91 Å². The minimum atomic E-state index is -3.10. The van der Waals surface area contributed by atoms with Crippen molar-refractivity contribution in [2.75, 3.05) is 25.5 Å². The highest BCUT2D eigenvalue weighted by Crippen LogP contribution is 2.76. The molecule has 9 heteroatoms. The number of nitrogens with one attached hydrogen (secondary N) is 1. The van der Waals surface area contributed by atoms with Gasteiger partial charge in [-0.1, -0.05) is 65.8 Å². The van der Waals surface area contributed by atoms with Crippen molar-refractivity contribution in [2.24, 2.45) is 62.6 Å². The largest absolute Gasteiger partial charge is 0.481 e. The number of aliphatic carboxylic acids is 1. The Hall–Kier alpha value is -2.00. The number of amides is 1. The van der Waals surface area contributed by atoms with Crippen molar-refractivity contribution in [3.8, 4) is 0 Å². The molecule has 8 aliphatic rings. The molecule has 2 saturated heterocycles. The zero-order valence-corrected chi connectivity index (χ0v) is 34.9. The van der Waals surface area contributed by atoms with Crippen molar-refractivity contribution in [3.63, 3.8) is 0 Å². The summed E-state index contributed by atoms with van der Waals surface area (Å²) in [7, 11) is -3.10. The normalized spacial score (nSPS) is 48.5. The number of alkyl halides is 1. The van der Waals surface area contributed by atoms with Gasteiger partial charge in [-0.25, -0.2) is 12.8 Å². The van der Waals surface area contributed by atoms with Gasteiger partial charge in [0.15, 0.2) is 9.84 Å². The van der Waals surface area contributed by atoms with Gasteiger partial charge in [0.1, 0.15) is 6.67 Å². The Labute approximate surface area is 324 Å². The van der Waals surface area contributed by atoms with Gasteiger partial charge in [-0.2, -0.15) is 0 Å². The fourth-order valence-corrected chi connectivity index (χ4v) is 18.3. The Kier molecular flexibility index (Phi) is 8.99. The summed E-state index contributed by atoms with van der Waals surface area (Å²) < 4.78 is 39.2. The highest BCUT2D eigenvalue weighted by atomic mass is 32.2. The average molecular weight is 767 g/mol. The Morgan fingerprint density at radius 2 is 1.70 bits per heavy atom. The molecule has 0 aromatic rings. The van der Waals surface area contributed by atoms with E-state index in [9.17, 15) is 27.5 Å². The smallest absolute Gasteiger partial charge is 0.312 e. The maximum absolute atomic E-state index is 14.0. The second kappa shape index (κ2) is 12.5. The molecule has 13 atom stereocenters. The molecule has 6 fully saturated rings. The number of sulfone groups is 1. The number of halogens is 1. The minimum absolute atomic E-state index is 0.00934. The zero-order chi connectivity index (χ0) is 39.0. The molecule has 2 bridgehead atoms. The van der Waals surface area contributed by atoms with E-state index in [4.69, 9.17) is 0 Å². The maximum atomic E-state index is 14.0. The van der Waals surface area contributed by atoms with E-state index < -0.39 is 33.1 Å². The number of fused-ring (bicyclic) bond motifs is 9. The lowest BCUT2D eigenvalue weighted by atomic mass is 9.33. The summed E-state index contributed by atoms with van der Waals surface area (Å²) in [5, 5.41) is 13.4. The molecule has 2 aliphatic heterocycles. The van der Waals surface area contributed by atoms with Crippen molar-refractivity contribution in [2.45, 2.75) is 142 Å². The zero-order valence-electron chi connectivity index (χ0n) is 34.1. The Morgan fingerprint density at radius 3 is 2.30 bits per heavy atom. The van der Waals surface area contributed by atoms with Crippen LogP contribution in [0.2, 0.25) is 0 Å². The van der Waals surface area contributed by atoms with Crippen LogP contribution in [-0.4, -0.2) is 72.6 Å². The van der Waals surface area contributed by atoms with Crippen molar-refractivity contribution < 1.29 is 27.5 Å². The second-order valence-corrected chi connectivity index (χ2v) is 23.5. The number of hydrogen-bond acceptors (Lipinski definition) is 5. The first-order valence-corrected chi connectivity index (χ1v) is 23.0. The number of carboxylic acid groups (broad SMARTS) is 1. The molecule has 7 nitrogen and oxygen atoms in total. The summed E-state index contributed by atoms with van der Waals surface area (Å²) in [6, 6.07) is -0.191. The predicted octanol–water partition coefficient (Wildman–Crippen LogP) is 8.32. The number of nitrogens with zero attached hydrogens (tertiary/aromatic N) is 1. The molecule has 0 aromatic heterocycles. The van der Waals surface area contributed by atoms with E-state index in [-0.39, 0.29) is 63.8 Å². The van der Waals surface area contributed by atoms with E-state index in [1.165, 1.54) is 42.4 Å². The first kappa shape index (κ1) is 38.9. The average Bonchev–Trinajstić information content (AvgIpc) is 3.72. The van der Waals surface area contributed by atoms with Gasteiger partial charge in [0.25, 0.3) is 0 Å². The van der Waals surface area contributed by atoms with E-state index in [1.54, 1.807) is 0 Å². The molecule has 6 aliphatic carbocycles. The number of likely N-dealkylation sites (tertiary alicyclic amines) is 1. The van der Waals surface area contributed by atoms with E-state index in [0.717, 1.165) is 32.1 Å². The predicted molar refractivity (Wildman–Crippen MR) is 211 cm³/mol. The summed E-state index contributed by atoms with van der Waals surface area (Å²) in [5.74, 6) is 1.65. The Balaban J connectivity index is 1.05. The van der Waals surface area contributed by atoms with Crippen LogP contribution < -0.4 is 5.32 Å². The summed E-state index contributed by atoms with van der Waals surface area (Å²) >= 11 is 0. The van der Waals surface area contributed by atoms with Crippen LogP contribution in [0.5, 0.6) is 0 Å². The molecule has 0 radical (unpaired) electrons. The van der Waals surface area contributed by atoms with Gasteiger partial charge in [-0.3, -0.25) is 9.59 Å². The third-order valence-electron chi connectivity index (χ3n) is 19.1. The fraction of sp³-hybridized carbons (Fsp3) is 0.822. The highest BCUT2D eigenvalue weighted by Gasteiger charge is 2.70. The monoisotopic (exact) mass is 766 g/mol. The lowest BCUT2D eigenvalue weighted by Crippen LogP contribution is -2.68. The van der Waals surface area contributed by atoms with Gasteiger partial charge in [-0.05, 0) is 152 Å². The maximum Gasteiger partial charge on any atom is 0.312 e. The van der Waals surface area contributed by atoms with Crippen LogP contribution >= 0.6 is 0 Å².